The quantitative estimate of drug-likeness (QED) is 0.295. The highest BCUT2D eigenvalue weighted by Crippen LogP contribution is 2.35. The molecule has 1 N–H and O–H groups in total. The van der Waals surface area contributed by atoms with Crippen LogP contribution in [0, 0.1) is 0 Å². The van der Waals surface area contributed by atoms with Gasteiger partial charge in [-0.05, 0) is 73.3 Å². The predicted molar refractivity (Wildman–Crippen MR) is 127 cm³/mol. The number of methoxy groups -OCH3 is 2. The Morgan fingerprint density at radius 3 is 2.29 bits per heavy atom. The summed E-state index contributed by atoms with van der Waals surface area (Å²) in [5.41, 5.74) is 4.76. The van der Waals surface area contributed by atoms with Crippen LogP contribution >= 0.6 is 31.9 Å². The molecule has 8 heteroatoms. The van der Waals surface area contributed by atoms with E-state index >= 15 is 0 Å². The maximum atomic E-state index is 12.4. The number of carbonyl (C=O) groups is 1. The zero-order valence-electron chi connectivity index (χ0n) is 16.9. The van der Waals surface area contributed by atoms with Crippen molar-refractivity contribution in [3.63, 3.8) is 0 Å². The number of carbonyl (C=O) groups excluding carboxylic acids is 1. The summed E-state index contributed by atoms with van der Waals surface area (Å²) < 4.78 is 17.9. The van der Waals surface area contributed by atoms with Crippen molar-refractivity contribution in [1.29, 1.82) is 0 Å². The van der Waals surface area contributed by atoms with E-state index in [-0.39, 0.29) is 5.91 Å². The molecule has 0 aromatic heterocycles. The second-order valence-electron chi connectivity index (χ2n) is 6.36. The Kier molecular flexibility index (Phi) is 8.08. The van der Waals surface area contributed by atoms with Gasteiger partial charge in [0.05, 0.1) is 29.4 Å². The van der Waals surface area contributed by atoms with E-state index in [1.165, 1.54) is 14.2 Å². The standard InChI is InChI=1S/C23H20Br2N2O4/c1-29-20-9-8-17(12-21(20)30-2)23(28)27-26-13-16-10-18(24)22(19(25)11-16)31-14-15-6-4-3-5-7-15/h3-13H,14H2,1-2H3,(H,27,28)/b26-13+. The molecule has 0 atom stereocenters. The van der Waals surface area contributed by atoms with Crippen LogP contribution in [0.5, 0.6) is 17.2 Å². The van der Waals surface area contributed by atoms with Crippen molar-refractivity contribution in [2.45, 2.75) is 6.61 Å². The topological polar surface area (TPSA) is 69.2 Å². The van der Waals surface area contributed by atoms with E-state index in [0.29, 0.717) is 29.4 Å². The lowest BCUT2D eigenvalue weighted by atomic mass is 10.2. The van der Waals surface area contributed by atoms with E-state index in [2.05, 4.69) is 42.4 Å². The van der Waals surface area contributed by atoms with Crippen LogP contribution in [-0.4, -0.2) is 26.3 Å². The van der Waals surface area contributed by atoms with Crippen LogP contribution in [0.25, 0.3) is 0 Å². The first-order valence-corrected chi connectivity index (χ1v) is 10.8. The van der Waals surface area contributed by atoms with Crippen molar-refractivity contribution in [2.75, 3.05) is 14.2 Å². The molecular weight excluding hydrogens is 528 g/mol. The van der Waals surface area contributed by atoms with Crippen LogP contribution in [0.2, 0.25) is 0 Å². The number of ether oxygens (including phenoxy) is 3. The summed E-state index contributed by atoms with van der Waals surface area (Å²) in [5.74, 6) is 1.35. The van der Waals surface area contributed by atoms with Crippen molar-refractivity contribution in [3.05, 3.63) is 86.3 Å². The number of halogens is 2. The van der Waals surface area contributed by atoms with Crippen molar-refractivity contribution in [1.82, 2.24) is 5.43 Å². The highest BCUT2D eigenvalue weighted by molar-refractivity contribution is 9.11. The van der Waals surface area contributed by atoms with Crippen molar-refractivity contribution >= 4 is 44.0 Å². The van der Waals surface area contributed by atoms with Crippen molar-refractivity contribution in [3.8, 4) is 17.2 Å². The van der Waals surface area contributed by atoms with Crippen LogP contribution < -0.4 is 19.6 Å². The van der Waals surface area contributed by atoms with Gasteiger partial charge in [0.15, 0.2) is 11.5 Å². The average Bonchev–Trinajstić information content (AvgIpc) is 2.78. The van der Waals surface area contributed by atoms with Gasteiger partial charge in [0.1, 0.15) is 12.4 Å². The van der Waals surface area contributed by atoms with Crippen molar-refractivity contribution < 1.29 is 19.0 Å². The Morgan fingerprint density at radius 2 is 1.65 bits per heavy atom. The van der Waals surface area contributed by atoms with Crippen molar-refractivity contribution in [2.24, 2.45) is 5.10 Å². The van der Waals surface area contributed by atoms with Crippen LogP contribution in [-0.2, 0) is 6.61 Å². The lowest BCUT2D eigenvalue weighted by molar-refractivity contribution is 0.0954. The van der Waals surface area contributed by atoms with E-state index in [1.54, 1.807) is 24.4 Å². The second kappa shape index (κ2) is 11.0. The van der Waals surface area contributed by atoms with E-state index in [9.17, 15) is 4.79 Å². The first kappa shape index (κ1) is 22.8. The molecule has 1 amide bonds. The molecule has 0 bridgehead atoms. The molecule has 0 aliphatic heterocycles. The number of hydrogen-bond donors (Lipinski definition) is 1. The molecule has 3 aromatic carbocycles. The summed E-state index contributed by atoms with van der Waals surface area (Å²) in [6, 6.07) is 18.5. The summed E-state index contributed by atoms with van der Waals surface area (Å²) in [4.78, 5) is 12.4. The Morgan fingerprint density at radius 1 is 0.968 bits per heavy atom. The highest BCUT2D eigenvalue weighted by atomic mass is 79.9. The lowest BCUT2D eigenvalue weighted by Gasteiger charge is -2.11. The predicted octanol–water partition coefficient (Wildman–Crippen LogP) is 5.57. The number of hydrogen-bond acceptors (Lipinski definition) is 5. The van der Waals surface area contributed by atoms with E-state index in [4.69, 9.17) is 14.2 Å². The minimum Gasteiger partial charge on any atom is -0.493 e. The van der Waals surface area contributed by atoms with Gasteiger partial charge >= 0.3 is 0 Å². The summed E-state index contributed by atoms with van der Waals surface area (Å²) in [6.45, 7) is 0.451. The summed E-state index contributed by atoms with van der Waals surface area (Å²) in [7, 11) is 3.05. The van der Waals surface area contributed by atoms with Crippen LogP contribution in [0.1, 0.15) is 21.5 Å². The fourth-order valence-corrected chi connectivity index (χ4v) is 4.18. The second-order valence-corrected chi connectivity index (χ2v) is 8.07. The Hall–Kier alpha value is -2.84. The molecule has 0 heterocycles. The fourth-order valence-electron chi connectivity index (χ4n) is 2.73. The van der Waals surface area contributed by atoms with E-state index in [0.717, 1.165) is 20.1 Å². The maximum absolute atomic E-state index is 12.4. The lowest BCUT2D eigenvalue weighted by Crippen LogP contribution is -2.17. The molecule has 0 saturated heterocycles. The van der Waals surface area contributed by atoms with Gasteiger partial charge in [-0.2, -0.15) is 5.10 Å². The third-order valence-electron chi connectivity index (χ3n) is 4.27. The van der Waals surface area contributed by atoms with Gasteiger partial charge in [0.2, 0.25) is 0 Å². The third-order valence-corrected chi connectivity index (χ3v) is 5.45. The first-order valence-electron chi connectivity index (χ1n) is 9.23. The first-order chi connectivity index (χ1) is 15.0. The van der Waals surface area contributed by atoms with Crippen LogP contribution in [0.4, 0.5) is 0 Å². The molecule has 0 radical (unpaired) electrons. The van der Waals surface area contributed by atoms with Gasteiger partial charge in [0, 0.05) is 5.56 Å². The normalized spacial score (nSPS) is 10.7. The highest BCUT2D eigenvalue weighted by Gasteiger charge is 2.11. The molecule has 3 rings (SSSR count). The SMILES string of the molecule is COc1ccc(C(=O)N/N=C/c2cc(Br)c(OCc3ccccc3)c(Br)c2)cc1OC. The molecular formula is C23H20Br2N2O4. The number of amides is 1. The molecule has 0 fully saturated rings. The molecule has 31 heavy (non-hydrogen) atoms. The molecule has 6 nitrogen and oxygen atoms in total. The summed E-state index contributed by atoms with van der Waals surface area (Å²) >= 11 is 7.06. The summed E-state index contributed by atoms with van der Waals surface area (Å²) in [6.07, 6.45) is 1.55. The molecule has 0 aliphatic rings. The Labute approximate surface area is 197 Å². The number of nitrogens with zero attached hydrogens (tertiary/aromatic N) is 1. The number of hydrazone groups is 1. The van der Waals surface area contributed by atoms with Gasteiger partial charge in [0.25, 0.3) is 5.91 Å². The van der Waals surface area contributed by atoms with Crippen LogP contribution in [0.15, 0.2) is 74.7 Å². The Balaban J connectivity index is 1.65. The molecule has 0 unspecified atom stereocenters. The minimum atomic E-state index is -0.363. The molecule has 0 aliphatic carbocycles. The van der Waals surface area contributed by atoms with Gasteiger partial charge in [-0.15, -0.1) is 0 Å². The fraction of sp³-hybridized carbons (Fsp3) is 0.130. The molecule has 0 saturated carbocycles. The largest absolute Gasteiger partial charge is 0.493 e. The third kappa shape index (κ3) is 6.08. The molecule has 3 aromatic rings. The zero-order chi connectivity index (χ0) is 22.2. The summed E-state index contributed by atoms with van der Waals surface area (Å²) in [5, 5.41) is 4.04. The number of nitrogens with one attached hydrogen (secondary N) is 1. The van der Waals surface area contributed by atoms with Gasteiger partial charge in [-0.25, -0.2) is 5.43 Å². The smallest absolute Gasteiger partial charge is 0.271 e. The van der Waals surface area contributed by atoms with Gasteiger partial charge in [-0.1, -0.05) is 30.3 Å². The Bertz CT molecular complexity index is 1070. The number of benzene rings is 3. The monoisotopic (exact) mass is 546 g/mol. The molecule has 160 valence electrons. The van der Waals surface area contributed by atoms with Gasteiger partial charge in [-0.3, -0.25) is 4.79 Å². The average molecular weight is 548 g/mol. The van der Waals surface area contributed by atoms with E-state index < -0.39 is 0 Å². The van der Waals surface area contributed by atoms with Crippen LogP contribution in [0.3, 0.4) is 0 Å². The zero-order valence-corrected chi connectivity index (χ0v) is 20.1. The van der Waals surface area contributed by atoms with E-state index in [1.807, 2.05) is 42.5 Å². The minimum absolute atomic E-state index is 0.363. The number of rotatable bonds is 8. The van der Waals surface area contributed by atoms with Gasteiger partial charge < -0.3 is 14.2 Å². The molecule has 0 spiro atoms. The maximum Gasteiger partial charge on any atom is 0.271 e.